The Labute approximate surface area is 198 Å². The van der Waals surface area contributed by atoms with Crippen LogP contribution in [0.1, 0.15) is 48.5 Å². The van der Waals surface area contributed by atoms with E-state index >= 15 is 0 Å². The van der Waals surface area contributed by atoms with Gasteiger partial charge in [0.15, 0.2) is 0 Å². The molecule has 174 valence electrons. The van der Waals surface area contributed by atoms with Gasteiger partial charge in [0.05, 0.1) is 12.7 Å². The number of carbonyl (C=O) groups is 2. The summed E-state index contributed by atoms with van der Waals surface area (Å²) in [5.74, 6) is 0.413. The third-order valence-electron chi connectivity index (χ3n) is 6.48. The zero-order chi connectivity index (χ0) is 23.3. The molecule has 0 aliphatic heterocycles. The lowest BCUT2D eigenvalue weighted by molar-refractivity contribution is 0.0570. The SMILES string of the molecule is CCNC(=O)O[C@H]1CC[C@](CNC(=O)c2ccccc2OC)(c2csc3ccccc32)CC1. The normalized spacial score (nSPS) is 20.2. The first kappa shape index (κ1) is 23.1. The standard InChI is InChI=1S/C26H30N2O4S/c1-3-27-25(30)32-18-12-14-26(15-13-18,21-16-33-23-11-7-5-8-19(21)23)17-28-24(29)20-9-4-6-10-22(20)31-2/h4-11,16,18H,3,12-15,17H2,1-2H3,(H,27,30)(H,28,29)/t18-,26-. The number of amides is 2. The molecule has 0 bridgehead atoms. The van der Waals surface area contributed by atoms with E-state index in [1.807, 2.05) is 19.1 Å². The van der Waals surface area contributed by atoms with Gasteiger partial charge in [-0.1, -0.05) is 30.3 Å². The van der Waals surface area contributed by atoms with Crippen LogP contribution in [-0.4, -0.2) is 38.3 Å². The molecule has 0 spiro atoms. The number of hydrogen-bond acceptors (Lipinski definition) is 5. The molecule has 1 saturated carbocycles. The van der Waals surface area contributed by atoms with Gasteiger partial charge in [-0.25, -0.2) is 4.79 Å². The van der Waals surface area contributed by atoms with Gasteiger partial charge in [-0.05, 0) is 67.1 Å². The third-order valence-corrected chi connectivity index (χ3v) is 7.44. The fourth-order valence-corrected chi connectivity index (χ4v) is 5.79. The van der Waals surface area contributed by atoms with Crippen molar-refractivity contribution in [2.45, 2.75) is 44.1 Å². The van der Waals surface area contributed by atoms with E-state index in [-0.39, 0.29) is 23.5 Å². The molecule has 0 unspecified atom stereocenters. The second kappa shape index (κ2) is 10.3. The number of fused-ring (bicyclic) bond motifs is 1. The number of alkyl carbamates (subject to hydrolysis) is 1. The maximum absolute atomic E-state index is 13.1. The van der Waals surface area contributed by atoms with Gasteiger partial charge in [0.2, 0.25) is 0 Å². The lowest BCUT2D eigenvalue weighted by Gasteiger charge is -2.40. The van der Waals surface area contributed by atoms with Gasteiger partial charge in [-0.3, -0.25) is 4.79 Å². The number of carbonyl (C=O) groups excluding carboxylic acids is 2. The first-order valence-corrected chi connectivity index (χ1v) is 12.3. The third kappa shape index (κ3) is 4.98. The minimum Gasteiger partial charge on any atom is -0.496 e. The molecule has 6 nitrogen and oxygen atoms in total. The summed E-state index contributed by atoms with van der Waals surface area (Å²) >= 11 is 1.73. The maximum atomic E-state index is 13.1. The summed E-state index contributed by atoms with van der Waals surface area (Å²) in [7, 11) is 1.57. The van der Waals surface area contributed by atoms with Crippen LogP contribution in [0.5, 0.6) is 5.75 Å². The van der Waals surface area contributed by atoms with Gasteiger partial charge in [-0.2, -0.15) is 0 Å². The van der Waals surface area contributed by atoms with Crippen molar-refractivity contribution in [3.8, 4) is 5.75 Å². The molecule has 2 amide bonds. The molecule has 1 fully saturated rings. The fraction of sp³-hybridized carbons (Fsp3) is 0.385. The Bertz CT molecular complexity index is 1120. The van der Waals surface area contributed by atoms with Crippen LogP contribution in [0.25, 0.3) is 10.1 Å². The highest BCUT2D eigenvalue weighted by molar-refractivity contribution is 7.17. The predicted octanol–water partition coefficient (Wildman–Crippen LogP) is 5.27. The van der Waals surface area contributed by atoms with Gasteiger partial charge >= 0.3 is 6.09 Å². The number of thiophene rings is 1. The molecule has 3 aromatic rings. The lowest BCUT2D eigenvalue weighted by Crippen LogP contribution is -2.45. The molecule has 0 radical (unpaired) electrons. The van der Waals surface area contributed by atoms with E-state index in [9.17, 15) is 9.59 Å². The van der Waals surface area contributed by atoms with Gasteiger partial charge in [0.1, 0.15) is 11.9 Å². The molecule has 1 aliphatic carbocycles. The first-order valence-electron chi connectivity index (χ1n) is 11.4. The molecule has 7 heteroatoms. The molecule has 2 aromatic carbocycles. The molecular weight excluding hydrogens is 436 g/mol. The number of hydrogen-bond donors (Lipinski definition) is 2. The summed E-state index contributed by atoms with van der Waals surface area (Å²) in [5, 5.41) is 9.35. The van der Waals surface area contributed by atoms with Gasteiger partial charge in [0.25, 0.3) is 5.91 Å². The predicted molar refractivity (Wildman–Crippen MR) is 131 cm³/mol. The Kier molecular flexibility index (Phi) is 7.18. The number of nitrogens with one attached hydrogen (secondary N) is 2. The number of benzene rings is 2. The monoisotopic (exact) mass is 466 g/mol. The van der Waals surface area contributed by atoms with Crippen molar-refractivity contribution in [3.63, 3.8) is 0 Å². The summed E-state index contributed by atoms with van der Waals surface area (Å²) in [5.41, 5.74) is 1.57. The van der Waals surface area contributed by atoms with Crippen LogP contribution in [0.15, 0.2) is 53.9 Å². The Morgan fingerprint density at radius 2 is 1.79 bits per heavy atom. The van der Waals surface area contributed by atoms with Crippen molar-refractivity contribution >= 4 is 33.4 Å². The van der Waals surface area contributed by atoms with Crippen molar-refractivity contribution in [2.24, 2.45) is 0 Å². The van der Waals surface area contributed by atoms with Crippen molar-refractivity contribution in [3.05, 3.63) is 65.0 Å². The van der Waals surface area contributed by atoms with Gasteiger partial charge < -0.3 is 20.1 Å². The van der Waals surface area contributed by atoms with Crippen LogP contribution in [0.3, 0.4) is 0 Å². The molecule has 1 heterocycles. The Hall–Kier alpha value is -3.06. The smallest absolute Gasteiger partial charge is 0.407 e. The van der Waals surface area contributed by atoms with Crippen molar-refractivity contribution in [1.29, 1.82) is 0 Å². The lowest BCUT2D eigenvalue weighted by atomic mass is 9.68. The summed E-state index contributed by atoms with van der Waals surface area (Å²) in [6.45, 7) is 2.93. The molecule has 0 atom stereocenters. The van der Waals surface area contributed by atoms with Crippen molar-refractivity contribution in [1.82, 2.24) is 10.6 Å². The van der Waals surface area contributed by atoms with E-state index in [0.29, 0.717) is 24.4 Å². The fourth-order valence-electron chi connectivity index (χ4n) is 4.71. The second-order valence-corrected chi connectivity index (χ2v) is 9.36. The Morgan fingerprint density at radius 1 is 1.06 bits per heavy atom. The minimum atomic E-state index is -0.361. The summed E-state index contributed by atoms with van der Waals surface area (Å²) in [4.78, 5) is 25.0. The van der Waals surface area contributed by atoms with E-state index in [1.165, 1.54) is 15.6 Å². The van der Waals surface area contributed by atoms with Crippen LogP contribution in [0.2, 0.25) is 0 Å². The quantitative estimate of drug-likeness (QED) is 0.498. The van der Waals surface area contributed by atoms with Gasteiger partial charge in [0, 0.05) is 23.2 Å². The van der Waals surface area contributed by atoms with E-state index in [0.717, 1.165) is 25.7 Å². The number of ether oxygens (including phenoxy) is 2. The molecule has 2 N–H and O–H groups in total. The van der Waals surface area contributed by atoms with Crippen LogP contribution >= 0.6 is 11.3 Å². The van der Waals surface area contributed by atoms with E-state index in [1.54, 1.807) is 30.6 Å². The van der Waals surface area contributed by atoms with E-state index < -0.39 is 0 Å². The number of rotatable bonds is 7. The highest BCUT2D eigenvalue weighted by Gasteiger charge is 2.40. The summed E-state index contributed by atoms with van der Waals surface area (Å²) in [6, 6.07) is 15.7. The zero-order valence-electron chi connectivity index (χ0n) is 19.1. The average Bonchev–Trinajstić information content (AvgIpc) is 3.28. The molecule has 0 saturated heterocycles. The van der Waals surface area contributed by atoms with E-state index in [4.69, 9.17) is 9.47 Å². The number of para-hydroxylation sites is 1. The van der Waals surface area contributed by atoms with Crippen LogP contribution < -0.4 is 15.4 Å². The summed E-state index contributed by atoms with van der Waals surface area (Å²) < 4.78 is 12.2. The van der Waals surface area contributed by atoms with Gasteiger partial charge in [-0.15, -0.1) is 11.3 Å². The molecule has 1 aliphatic rings. The second-order valence-electron chi connectivity index (χ2n) is 8.44. The largest absolute Gasteiger partial charge is 0.496 e. The highest BCUT2D eigenvalue weighted by atomic mass is 32.1. The topological polar surface area (TPSA) is 76.7 Å². The Morgan fingerprint density at radius 3 is 2.55 bits per heavy atom. The average molecular weight is 467 g/mol. The Balaban J connectivity index is 1.57. The molecule has 33 heavy (non-hydrogen) atoms. The van der Waals surface area contributed by atoms with Crippen LogP contribution in [0, 0.1) is 0 Å². The van der Waals surface area contributed by atoms with Crippen LogP contribution in [-0.2, 0) is 10.2 Å². The highest BCUT2D eigenvalue weighted by Crippen LogP contribution is 2.44. The minimum absolute atomic E-state index is 0.112. The molecular formula is C26H30N2O4S. The molecule has 4 rings (SSSR count). The zero-order valence-corrected chi connectivity index (χ0v) is 19.9. The van der Waals surface area contributed by atoms with E-state index in [2.05, 4.69) is 40.3 Å². The van der Waals surface area contributed by atoms with Crippen LogP contribution in [0.4, 0.5) is 4.79 Å². The first-order chi connectivity index (χ1) is 16.1. The van der Waals surface area contributed by atoms with Crippen molar-refractivity contribution in [2.75, 3.05) is 20.2 Å². The summed E-state index contributed by atoms with van der Waals surface area (Å²) in [6.07, 6.45) is 2.69. The number of methoxy groups -OCH3 is 1. The van der Waals surface area contributed by atoms with Crippen molar-refractivity contribution < 1.29 is 19.1 Å². The maximum Gasteiger partial charge on any atom is 0.407 e. The molecule has 1 aromatic heterocycles.